The summed E-state index contributed by atoms with van der Waals surface area (Å²) in [7, 11) is 0. The van der Waals surface area contributed by atoms with E-state index in [0.717, 1.165) is 19.0 Å². The summed E-state index contributed by atoms with van der Waals surface area (Å²) in [6.07, 6.45) is 5.65. The molecule has 1 fully saturated rings. The first kappa shape index (κ1) is 16.6. The number of nitrogens with zero attached hydrogens (tertiary/aromatic N) is 1. The molecule has 1 aliphatic carbocycles. The summed E-state index contributed by atoms with van der Waals surface area (Å²) < 4.78 is 0. The lowest BCUT2D eigenvalue weighted by Crippen LogP contribution is -2.21. The van der Waals surface area contributed by atoms with Crippen LogP contribution in [0.15, 0.2) is 60.7 Å². The van der Waals surface area contributed by atoms with Crippen molar-refractivity contribution in [3.05, 3.63) is 66.2 Å². The van der Waals surface area contributed by atoms with E-state index in [9.17, 15) is 0 Å². The van der Waals surface area contributed by atoms with Gasteiger partial charge in [-0.25, -0.2) is 0 Å². The molecule has 1 saturated carbocycles. The van der Waals surface area contributed by atoms with Gasteiger partial charge in [0.05, 0.1) is 0 Å². The van der Waals surface area contributed by atoms with E-state index in [1.54, 1.807) is 0 Å². The largest absolute Gasteiger partial charge is 0.372 e. The third kappa shape index (κ3) is 5.93. The van der Waals surface area contributed by atoms with E-state index in [-0.39, 0.29) is 0 Å². The van der Waals surface area contributed by atoms with Crippen molar-refractivity contribution in [1.29, 1.82) is 0 Å². The molecule has 0 N–H and O–H groups in total. The van der Waals surface area contributed by atoms with Crippen molar-refractivity contribution in [1.82, 2.24) is 0 Å². The second-order valence-corrected chi connectivity index (χ2v) is 5.98. The van der Waals surface area contributed by atoms with Crippen molar-refractivity contribution in [2.45, 2.75) is 39.5 Å². The van der Waals surface area contributed by atoms with Crippen molar-refractivity contribution >= 4 is 5.69 Å². The number of para-hydroxylation sites is 1. The molecule has 3 rings (SSSR count). The summed E-state index contributed by atoms with van der Waals surface area (Å²) in [4.78, 5) is 2.33. The molecule has 0 aromatic heterocycles. The molecular formula is C21H29N. The SMILES string of the molecule is CCN(CC)c1ccccc1.c1ccc(CCC2CC2)cc1. The molecule has 1 aliphatic rings. The van der Waals surface area contributed by atoms with Crippen molar-refractivity contribution < 1.29 is 0 Å². The Hall–Kier alpha value is -1.76. The normalized spacial score (nSPS) is 13.2. The van der Waals surface area contributed by atoms with Crippen LogP contribution in [0.2, 0.25) is 0 Å². The molecule has 0 saturated heterocycles. The predicted molar refractivity (Wildman–Crippen MR) is 97.5 cm³/mol. The minimum Gasteiger partial charge on any atom is -0.372 e. The van der Waals surface area contributed by atoms with Gasteiger partial charge in [-0.15, -0.1) is 0 Å². The Kier molecular flexibility index (Phi) is 7.02. The van der Waals surface area contributed by atoms with Gasteiger partial charge in [0.25, 0.3) is 0 Å². The lowest BCUT2D eigenvalue weighted by atomic mass is 10.1. The van der Waals surface area contributed by atoms with Crippen LogP contribution in [0.4, 0.5) is 5.69 Å². The van der Waals surface area contributed by atoms with Gasteiger partial charge in [0.15, 0.2) is 0 Å². The van der Waals surface area contributed by atoms with Crippen molar-refractivity contribution in [2.75, 3.05) is 18.0 Å². The fourth-order valence-corrected chi connectivity index (χ4v) is 2.65. The molecule has 0 radical (unpaired) electrons. The summed E-state index contributed by atoms with van der Waals surface area (Å²) in [6.45, 7) is 6.52. The summed E-state index contributed by atoms with van der Waals surface area (Å²) in [5, 5.41) is 0. The summed E-state index contributed by atoms with van der Waals surface area (Å²) in [6, 6.07) is 21.3. The van der Waals surface area contributed by atoms with E-state index in [2.05, 4.69) is 73.3 Å². The van der Waals surface area contributed by atoms with Crippen LogP contribution in [0.1, 0.15) is 38.7 Å². The van der Waals surface area contributed by atoms with E-state index in [1.165, 1.54) is 36.9 Å². The summed E-state index contributed by atoms with van der Waals surface area (Å²) >= 11 is 0. The summed E-state index contributed by atoms with van der Waals surface area (Å²) in [5.74, 6) is 1.07. The van der Waals surface area contributed by atoms with Crippen LogP contribution >= 0.6 is 0 Å². The molecule has 0 heterocycles. The number of anilines is 1. The standard InChI is InChI=1S/C11H14.C10H15N/c1-2-4-10(5-3-1)6-7-11-8-9-11;1-3-11(4-2)10-8-6-5-7-9-10/h1-5,11H,6-9H2;5-9H,3-4H2,1-2H3. The van der Waals surface area contributed by atoms with Crippen LogP contribution in [0.25, 0.3) is 0 Å². The molecular weight excluding hydrogens is 266 g/mol. The first-order valence-electron chi connectivity index (χ1n) is 8.67. The highest BCUT2D eigenvalue weighted by Crippen LogP contribution is 2.33. The van der Waals surface area contributed by atoms with E-state index in [4.69, 9.17) is 0 Å². The molecule has 1 heteroatoms. The second-order valence-electron chi connectivity index (χ2n) is 5.98. The van der Waals surface area contributed by atoms with Gasteiger partial charge in [0.1, 0.15) is 0 Å². The van der Waals surface area contributed by atoms with Gasteiger partial charge >= 0.3 is 0 Å². The highest BCUT2D eigenvalue weighted by atomic mass is 15.1. The molecule has 0 atom stereocenters. The second kappa shape index (κ2) is 9.30. The van der Waals surface area contributed by atoms with Gasteiger partial charge in [0, 0.05) is 18.8 Å². The van der Waals surface area contributed by atoms with Gasteiger partial charge in [0.2, 0.25) is 0 Å². The lowest BCUT2D eigenvalue weighted by molar-refractivity contribution is 0.727. The Bertz CT molecular complexity index is 498. The van der Waals surface area contributed by atoms with Crippen molar-refractivity contribution in [2.24, 2.45) is 5.92 Å². The van der Waals surface area contributed by atoms with E-state index >= 15 is 0 Å². The van der Waals surface area contributed by atoms with Crippen LogP contribution in [0.3, 0.4) is 0 Å². The maximum atomic E-state index is 2.33. The highest BCUT2D eigenvalue weighted by molar-refractivity contribution is 5.45. The van der Waals surface area contributed by atoms with E-state index in [1.807, 2.05) is 6.07 Å². The summed E-state index contributed by atoms with van der Waals surface area (Å²) in [5.41, 5.74) is 2.82. The zero-order valence-corrected chi connectivity index (χ0v) is 14.0. The van der Waals surface area contributed by atoms with Crippen LogP contribution in [-0.2, 0) is 6.42 Å². The minimum absolute atomic E-state index is 1.07. The molecule has 2 aromatic carbocycles. The number of aryl methyl sites for hydroxylation is 1. The van der Waals surface area contributed by atoms with Crippen LogP contribution < -0.4 is 4.90 Å². The Labute approximate surface area is 136 Å². The van der Waals surface area contributed by atoms with E-state index in [0.29, 0.717) is 0 Å². The van der Waals surface area contributed by atoms with Crippen molar-refractivity contribution in [3.8, 4) is 0 Å². The third-order valence-electron chi connectivity index (χ3n) is 4.27. The van der Waals surface area contributed by atoms with Crippen LogP contribution in [-0.4, -0.2) is 13.1 Å². The molecule has 0 bridgehead atoms. The molecule has 0 unspecified atom stereocenters. The molecule has 0 spiro atoms. The zero-order valence-electron chi connectivity index (χ0n) is 14.0. The lowest BCUT2D eigenvalue weighted by Gasteiger charge is -2.20. The Balaban J connectivity index is 0.000000160. The van der Waals surface area contributed by atoms with Gasteiger partial charge < -0.3 is 4.90 Å². The van der Waals surface area contributed by atoms with Gasteiger partial charge in [-0.3, -0.25) is 0 Å². The maximum Gasteiger partial charge on any atom is 0.0365 e. The Morgan fingerprint density at radius 2 is 1.36 bits per heavy atom. The maximum absolute atomic E-state index is 2.33. The zero-order chi connectivity index (χ0) is 15.6. The quantitative estimate of drug-likeness (QED) is 0.674. The number of rotatable bonds is 6. The van der Waals surface area contributed by atoms with Gasteiger partial charge in [-0.05, 0) is 50.3 Å². The fraction of sp³-hybridized carbons (Fsp3) is 0.429. The van der Waals surface area contributed by atoms with Gasteiger partial charge in [-0.1, -0.05) is 61.4 Å². The smallest absolute Gasteiger partial charge is 0.0365 e. The Morgan fingerprint density at radius 3 is 1.86 bits per heavy atom. The topological polar surface area (TPSA) is 3.24 Å². The van der Waals surface area contributed by atoms with Crippen molar-refractivity contribution in [3.63, 3.8) is 0 Å². The first-order chi connectivity index (χ1) is 10.8. The molecule has 2 aromatic rings. The monoisotopic (exact) mass is 295 g/mol. The molecule has 118 valence electrons. The van der Waals surface area contributed by atoms with Gasteiger partial charge in [-0.2, -0.15) is 0 Å². The number of benzene rings is 2. The van der Waals surface area contributed by atoms with E-state index < -0.39 is 0 Å². The first-order valence-corrected chi connectivity index (χ1v) is 8.67. The Morgan fingerprint density at radius 1 is 0.818 bits per heavy atom. The minimum atomic E-state index is 1.07. The molecule has 22 heavy (non-hydrogen) atoms. The van der Waals surface area contributed by atoms with Crippen LogP contribution in [0.5, 0.6) is 0 Å². The average Bonchev–Trinajstić information content (AvgIpc) is 3.41. The highest BCUT2D eigenvalue weighted by Gasteiger charge is 2.20. The fourth-order valence-electron chi connectivity index (χ4n) is 2.65. The molecule has 0 aliphatic heterocycles. The third-order valence-corrected chi connectivity index (χ3v) is 4.27. The number of hydrogen-bond donors (Lipinski definition) is 0. The predicted octanol–water partition coefficient (Wildman–Crippen LogP) is 5.56. The molecule has 0 amide bonds. The van der Waals surface area contributed by atoms with Crippen LogP contribution in [0, 0.1) is 5.92 Å². The molecule has 1 nitrogen and oxygen atoms in total. The average molecular weight is 295 g/mol. The number of hydrogen-bond acceptors (Lipinski definition) is 1.